The third-order valence-electron chi connectivity index (χ3n) is 5.60. The second kappa shape index (κ2) is 7.40. The molecular formula is C20H20N6O2S. The SMILES string of the molecule is O=C(c1cccc(-n2cnnn2)c1)N1CCN(C(=O)[C@@H]2C[C@H]2c2cccs2)CC1. The summed E-state index contributed by atoms with van der Waals surface area (Å²) in [6.45, 7) is 2.28. The van der Waals surface area contributed by atoms with Crippen molar-refractivity contribution in [3.8, 4) is 5.69 Å². The van der Waals surface area contributed by atoms with E-state index in [1.807, 2.05) is 28.0 Å². The van der Waals surface area contributed by atoms with Crippen LogP contribution in [0, 0.1) is 5.92 Å². The van der Waals surface area contributed by atoms with Crippen LogP contribution in [0.15, 0.2) is 48.1 Å². The van der Waals surface area contributed by atoms with E-state index in [4.69, 9.17) is 0 Å². The number of amides is 2. The standard InChI is InChI=1S/C20H20N6O2S/c27-19(14-3-1-4-15(11-14)26-13-21-22-23-26)24-6-8-25(9-7-24)20(28)17-12-16(17)18-5-2-10-29-18/h1-5,10-11,13,16-17H,6-9,12H2/t16-,17-/m1/s1. The Morgan fingerprint density at radius 3 is 2.59 bits per heavy atom. The first-order chi connectivity index (χ1) is 14.2. The normalized spacial score (nSPS) is 21.2. The van der Waals surface area contributed by atoms with Gasteiger partial charge in [0.25, 0.3) is 5.91 Å². The van der Waals surface area contributed by atoms with Gasteiger partial charge in [0.2, 0.25) is 5.91 Å². The lowest BCUT2D eigenvalue weighted by Gasteiger charge is -2.35. The average molecular weight is 408 g/mol. The molecule has 5 rings (SSSR count). The molecule has 148 valence electrons. The number of aromatic nitrogens is 4. The molecule has 0 unspecified atom stereocenters. The van der Waals surface area contributed by atoms with Crippen LogP contribution in [0.25, 0.3) is 5.69 Å². The average Bonchev–Trinajstić information content (AvgIpc) is 3.16. The summed E-state index contributed by atoms with van der Waals surface area (Å²) < 4.78 is 1.52. The van der Waals surface area contributed by atoms with Gasteiger partial charge in [-0.15, -0.1) is 16.4 Å². The molecule has 9 heteroatoms. The second-order valence-corrected chi connectivity index (χ2v) is 8.37. The van der Waals surface area contributed by atoms with Gasteiger partial charge in [0.15, 0.2) is 0 Å². The molecule has 3 aromatic rings. The molecule has 2 fully saturated rings. The maximum Gasteiger partial charge on any atom is 0.254 e. The van der Waals surface area contributed by atoms with Crippen LogP contribution in [0.4, 0.5) is 0 Å². The number of hydrogen-bond acceptors (Lipinski definition) is 6. The molecule has 2 aliphatic rings. The van der Waals surface area contributed by atoms with E-state index < -0.39 is 0 Å². The molecular weight excluding hydrogens is 388 g/mol. The Balaban J connectivity index is 1.19. The molecule has 0 bridgehead atoms. The van der Waals surface area contributed by atoms with Crippen molar-refractivity contribution in [1.82, 2.24) is 30.0 Å². The Hall–Kier alpha value is -3.07. The highest BCUT2D eigenvalue weighted by atomic mass is 32.1. The number of rotatable bonds is 4. The van der Waals surface area contributed by atoms with Crippen LogP contribution in [-0.4, -0.2) is 68.0 Å². The maximum atomic E-state index is 12.9. The van der Waals surface area contributed by atoms with Crippen molar-refractivity contribution in [2.75, 3.05) is 26.2 Å². The van der Waals surface area contributed by atoms with Crippen molar-refractivity contribution in [2.45, 2.75) is 12.3 Å². The Kier molecular flexibility index (Phi) is 4.59. The number of carbonyl (C=O) groups is 2. The quantitative estimate of drug-likeness (QED) is 0.657. The van der Waals surface area contributed by atoms with E-state index in [0.717, 1.165) is 12.1 Å². The Bertz CT molecular complexity index is 1010. The number of benzene rings is 1. The largest absolute Gasteiger partial charge is 0.339 e. The van der Waals surface area contributed by atoms with E-state index in [1.165, 1.54) is 15.9 Å². The molecule has 1 aromatic carbocycles. The third-order valence-corrected chi connectivity index (χ3v) is 6.61. The maximum absolute atomic E-state index is 12.9. The fourth-order valence-electron chi connectivity index (χ4n) is 3.89. The molecule has 3 heterocycles. The Labute approximate surface area is 171 Å². The van der Waals surface area contributed by atoms with E-state index >= 15 is 0 Å². The fraction of sp³-hybridized carbons (Fsp3) is 0.350. The highest BCUT2D eigenvalue weighted by Gasteiger charge is 2.46. The monoisotopic (exact) mass is 408 g/mol. The van der Waals surface area contributed by atoms with E-state index in [9.17, 15) is 9.59 Å². The lowest BCUT2D eigenvalue weighted by molar-refractivity contribution is -0.134. The summed E-state index contributed by atoms with van der Waals surface area (Å²) in [5.74, 6) is 0.700. The summed E-state index contributed by atoms with van der Waals surface area (Å²) >= 11 is 1.73. The molecule has 2 amide bonds. The first-order valence-electron chi connectivity index (χ1n) is 9.65. The van der Waals surface area contributed by atoms with Crippen LogP contribution in [0.1, 0.15) is 27.6 Å². The summed E-state index contributed by atoms with van der Waals surface area (Å²) in [7, 11) is 0. The van der Waals surface area contributed by atoms with Gasteiger partial charge in [-0.1, -0.05) is 12.1 Å². The number of piperazine rings is 1. The first-order valence-corrected chi connectivity index (χ1v) is 10.5. The van der Waals surface area contributed by atoms with Gasteiger partial charge in [-0.25, -0.2) is 4.68 Å². The number of carbonyl (C=O) groups excluding carboxylic acids is 2. The molecule has 1 saturated heterocycles. The molecule has 2 atom stereocenters. The summed E-state index contributed by atoms with van der Waals surface area (Å²) in [6.07, 6.45) is 2.44. The van der Waals surface area contributed by atoms with Crippen molar-refractivity contribution in [1.29, 1.82) is 0 Å². The minimum Gasteiger partial charge on any atom is -0.339 e. The zero-order valence-corrected chi connectivity index (χ0v) is 16.5. The van der Waals surface area contributed by atoms with Gasteiger partial charge < -0.3 is 9.80 Å². The Morgan fingerprint density at radius 2 is 1.86 bits per heavy atom. The highest BCUT2D eigenvalue weighted by Crippen LogP contribution is 2.50. The van der Waals surface area contributed by atoms with E-state index in [-0.39, 0.29) is 17.7 Å². The van der Waals surface area contributed by atoms with Crippen LogP contribution in [0.5, 0.6) is 0 Å². The first kappa shape index (κ1) is 18.0. The van der Waals surface area contributed by atoms with E-state index in [2.05, 4.69) is 27.0 Å². The summed E-state index contributed by atoms with van der Waals surface area (Å²) in [6, 6.07) is 11.4. The minimum atomic E-state index is -0.0325. The van der Waals surface area contributed by atoms with Crippen molar-refractivity contribution in [2.24, 2.45) is 5.92 Å². The summed E-state index contributed by atoms with van der Waals surface area (Å²) in [4.78, 5) is 30.7. The van der Waals surface area contributed by atoms with Crippen molar-refractivity contribution in [3.63, 3.8) is 0 Å². The predicted molar refractivity (Wildman–Crippen MR) is 107 cm³/mol. The van der Waals surface area contributed by atoms with Crippen LogP contribution < -0.4 is 0 Å². The molecule has 29 heavy (non-hydrogen) atoms. The van der Waals surface area contributed by atoms with Gasteiger partial charge in [0.05, 0.1) is 5.69 Å². The van der Waals surface area contributed by atoms with Gasteiger partial charge in [-0.2, -0.15) is 0 Å². The zero-order chi connectivity index (χ0) is 19.8. The van der Waals surface area contributed by atoms with Gasteiger partial charge in [0.1, 0.15) is 6.33 Å². The lowest BCUT2D eigenvalue weighted by atomic mass is 10.1. The van der Waals surface area contributed by atoms with Crippen molar-refractivity contribution >= 4 is 23.2 Å². The van der Waals surface area contributed by atoms with Crippen LogP contribution in [0.2, 0.25) is 0 Å². The minimum absolute atomic E-state index is 0.0325. The number of hydrogen-bond donors (Lipinski definition) is 0. The molecule has 1 saturated carbocycles. The van der Waals surface area contributed by atoms with Gasteiger partial charge in [0, 0.05) is 48.5 Å². The van der Waals surface area contributed by atoms with Crippen molar-refractivity contribution < 1.29 is 9.59 Å². The second-order valence-electron chi connectivity index (χ2n) is 7.39. The van der Waals surface area contributed by atoms with Gasteiger partial charge in [-0.3, -0.25) is 9.59 Å². The Morgan fingerprint density at radius 1 is 1.03 bits per heavy atom. The fourth-order valence-corrected chi connectivity index (χ4v) is 4.80. The number of tetrazole rings is 1. The summed E-state index contributed by atoms with van der Waals surface area (Å²) in [5.41, 5.74) is 1.33. The lowest BCUT2D eigenvalue weighted by Crippen LogP contribution is -2.51. The third kappa shape index (κ3) is 3.53. The molecule has 1 aliphatic carbocycles. The van der Waals surface area contributed by atoms with Crippen LogP contribution in [-0.2, 0) is 4.79 Å². The number of nitrogens with zero attached hydrogens (tertiary/aromatic N) is 6. The molecule has 0 radical (unpaired) electrons. The van der Waals surface area contributed by atoms with E-state index in [0.29, 0.717) is 37.7 Å². The van der Waals surface area contributed by atoms with Crippen molar-refractivity contribution in [3.05, 3.63) is 58.5 Å². The van der Waals surface area contributed by atoms with Crippen LogP contribution in [0.3, 0.4) is 0 Å². The highest BCUT2D eigenvalue weighted by molar-refractivity contribution is 7.10. The molecule has 1 aliphatic heterocycles. The van der Waals surface area contributed by atoms with Crippen LogP contribution >= 0.6 is 11.3 Å². The molecule has 0 N–H and O–H groups in total. The topological polar surface area (TPSA) is 84.2 Å². The smallest absolute Gasteiger partial charge is 0.254 e. The predicted octanol–water partition coefficient (Wildman–Crippen LogP) is 1.81. The number of thiophene rings is 1. The molecule has 8 nitrogen and oxygen atoms in total. The zero-order valence-electron chi connectivity index (χ0n) is 15.7. The van der Waals surface area contributed by atoms with Gasteiger partial charge >= 0.3 is 0 Å². The molecule has 2 aromatic heterocycles. The molecule has 0 spiro atoms. The van der Waals surface area contributed by atoms with Gasteiger partial charge in [-0.05, 0) is 46.5 Å². The van der Waals surface area contributed by atoms with E-state index in [1.54, 1.807) is 23.5 Å². The summed E-state index contributed by atoms with van der Waals surface area (Å²) in [5, 5.41) is 13.2.